The molecule has 1 aliphatic rings. The lowest BCUT2D eigenvalue weighted by molar-refractivity contribution is 0.215. The Morgan fingerprint density at radius 1 is 1.43 bits per heavy atom. The molecular weight excluding hydrogens is 174 g/mol. The number of nitrogens with one attached hydrogen (secondary N) is 1. The quantitative estimate of drug-likeness (QED) is 0.686. The van der Waals surface area contributed by atoms with Crippen LogP contribution in [0.5, 0.6) is 0 Å². The first-order chi connectivity index (χ1) is 6.72. The van der Waals surface area contributed by atoms with Crippen LogP contribution in [0.2, 0.25) is 0 Å². The van der Waals surface area contributed by atoms with Gasteiger partial charge in [-0.25, -0.2) is 0 Å². The van der Waals surface area contributed by atoms with E-state index in [1.807, 2.05) is 0 Å². The van der Waals surface area contributed by atoms with Gasteiger partial charge in [-0.2, -0.15) is 5.26 Å². The maximum Gasteiger partial charge on any atom is 0.0866 e. The van der Waals surface area contributed by atoms with E-state index in [0.717, 1.165) is 25.6 Å². The van der Waals surface area contributed by atoms with Gasteiger partial charge in [-0.3, -0.25) is 4.90 Å². The zero-order chi connectivity index (χ0) is 10.4. The van der Waals surface area contributed by atoms with Crippen molar-refractivity contribution in [1.29, 1.82) is 5.26 Å². The minimum Gasteiger partial charge on any atom is -0.314 e. The van der Waals surface area contributed by atoms with Gasteiger partial charge in [-0.1, -0.05) is 13.8 Å². The SMILES string of the molecule is CC(C)CNC1CCN(CC#N)CC1. The van der Waals surface area contributed by atoms with Gasteiger partial charge in [-0.05, 0) is 25.3 Å². The van der Waals surface area contributed by atoms with Crippen LogP contribution < -0.4 is 5.32 Å². The third kappa shape index (κ3) is 4.08. The molecule has 1 rings (SSSR count). The van der Waals surface area contributed by atoms with Crippen LogP contribution in [0.3, 0.4) is 0 Å². The Bertz CT molecular complexity index is 187. The molecule has 0 aromatic rings. The van der Waals surface area contributed by atoms with Crippen LogP contribution in [0.4, 0.5) is 0 Å². The number of likely N-dealkylation sites (tertiary alicyclic amines) is 1. The van der Waals surface area contributed by atoms with Crippen LogP contribution in [0.15, 0.2) is 0 Å². The predicted octanol–water partition coefficient (Wildman–Crippen LogP) is 1.22. The summed E-state index contributed by atoms with van der Waals surface area (Å²) >= 11 is 0. The van der Waals surface area contributed by atoms with Gasteiger partial charge < -0.3 is 5.32 Å². The summed E-state index contributed by atoms with van der Waals surface area (Å²) in [5.74, 6) is 0.729. The maximum atomic E-state index is 8.55. The summed E-state index contributed by atoms with van der Waals surface area (Å²) < 4.78 is 0. The molecule has 3 heteroatoms. The Labute approximate surface area is 87.1 Å². The highest BCUT2D eigenvalue weighted by atomic mass is 15.1. The van der Waals surface area contributed by atoms with E-state index in [4.69, 9.17) is 5.26 Å². The van der Waals surface area contributed by atoms with Crippen LogP contribution in [0.25, 0.3) is 0 Å². The lowest BCUT2D eigenvalue weighted by atomic mass is 10.0. The zero-order valence-electron chi connectivity index (χ0n) is 9.29. The van der Waals surface area contributed by atoms with E-state index < -0.39 is 0 Å². The van der Waals surface area contributed by atoms with E-state index in [1.54, 1.807) is 0 Å². The zero-order valence-corrected chi connectivity index (χ0v) is 9.29. The molecule has 0 spiro atoms. The summed E-state index contributed by atoms with van der Waals surface area (Å²) in [6, 6.07) is 2.88. The molecule has 0 atom stereocenters. The smallest absolute Gasteiger partial charge is 0.0866 e. The molecule has 1 N–H and O–H groups in total. The minimum absolute atomic E-state index is 0.594. The number of rotatable bonds is 4. The monoisotopic (exact) mass is 195 g/mol. The van der Waals surface area contributed by atoms with Crippen LogP contribution in [0.1, 0.15) is 26.7 Å². The van der Waals surface area contributed by atoms with Crippen LogP contribution in [0, 0.1) is 17.2 Å². The highest BCUT2D eigenvalue weighted by molar-refractivity contribution is 4.83. The summed E-state index contributed by atoms with van der Waals surface area (Å²) in [6.07, 6.45) is 2.38. The Morgan fingerprint density at radius 2 is 2.07 bits per heavy atom. The van der Waals surface area contributed by atoms with Crippen molar-refractivity contribution in [3.05, 3.63) is 0 Å². The molecule has 1 aliphatic heterocycles. The van der Waals surface area contributed by atoms with Gasteiger partial charge in [-0.15, -0.1) is 0 Å². The second kappa shape index (κ2) is 6.00. The summed E-state index contributed by atoms with van der Waals surface area (Å²) in [5, 5.41) is 12.1. The number of nitriles is 1. The predicted molar refractivity (Wildman–Crippen MR) is 57.9 cm³/mol. The highest BCUT2D eigenvalue weighted by Gasteiger charge is 2.17. The van der Waals surface area contributed by atoms with Gasteiger partial charge >= 0.3 is 0 Å². The largest absolute Gasteiger partial charge is 0.314 e. The molecule has 0 radical (unpaired) electrons. The lowest BCUT2D eigenvalue weighted by Gasteiger charge is -2.31. The highest BCUT2D eigenvalue weighted by Crippen LogP contribution is 2.09. The van der Waals surface area contributed by atoms with Gasteiger partial charge in [0, 0.05) is 19.1 Å². The number of hydrogen-bond acceptors (Lipinski definition) is 3. The second-order valence-corrected chi connectivity index (χ2v) is 4.51. The van der Waals surface area contributed by atoms with E-state index in [0.29, 0.717) is 12.6 Å². The Morgan fingerprint density at radius 3 is 2.57 bits per heavy atom. The normalized spacial score (nSPS) is 19.9. The fourth-order valence-corrected chi connectivity index (χ4v) is 1.80. The Hall–Kier alpha value is -0.590. The van der Waals surface area contributed by atoms with E-state index in [-0.39, 0.29) is 0 Å². The Balaban J connectivity index is 2.13. The molecule has 0 amide bonds. The summed E-state index contributed by atoms with van der Waals surface area (Å²) in [4.78, 5) is 2.23. The third-order valence-electron chi connectivity index (χ3n) is 2.70. The molecule has 0 unspecified atom stereocenters. The molecule has 14 heavy (non-hydrogen) atoms. The average molecular weight is 195 g/mol. The summed E-state index contributed by atoms with van der Waals surface area (Å²) in [6.45, 7) is 8.32. The molecule has 1 saturated heterocycles. The van der Waals surface area contributed by atoms with Gasteiger partial charge in [0.05, 0.1) is 12.6 Å². The van der Waals surface area contributed by atoms with Gasteiger partial charge in [0.25, 0.3) is 0 Å². The van der Waals surface area contributed by atoms with Crippen molar-refractivity contribution in [1.82, 2.24) is 10.2 Å². The number of hydrogen-bond donors (Lipinski definition) is 1. The van der Waals surface area contributed by atoms with Crippen molar-refractivity contribution in [3.8, 4) is 6.07 Å². The van der Waals surface area contributed by atoms with Crippen molar-refractivity contribution in [2.45, 2.75) is 32.7 Å². The van der Waals surface area contributed by atoms with Crippen molar-refractivity contribution < 1.29 is 0 Å². The average Bonchev–Trinajstić information content (AvgIpc) is 2.17. The molecule has 0 aliphatic carbocycles. The molecule has 0 aromatic heterocycles. The van der Waals surface area contributed by atoms with Crippen molar-refractivity contribution in [2.24, 2.45) is 5.92 Å². The molecule has 1 fully saturated rings. The molecule has 0 saturated carbocycles. The first kappa shape index (κ1) is 11.5. The van der Waals surface area contributed by atoms with Crippen molar-refractivity contribution >= 4 is 0 Å². The summed E-state index contributed by atoms with van der Waals surface area (Å²) in [7, 11) is 0. The number of nitrogens with zero attached hydrogens (tertiary/aromatic N) is 2. The van der Waals surface area contributed by atoms with Crippen LogP contribution in [-0.4, -0.2) is 37.1 Å². The lowest BCUT2D eigenvalue weighted by Crippen LogP contribution is -2.43. The molecule has 0 bridgehead atoms. The number of piperidine rings is 1. The van der Waals surface area contributed by atoms with E-state index in [2.05, 4.69) is 30.1 Å². The van der Waals surface area contributed by atoms with Crippen molar-refractivity contribution in [2.75, 3.05) is 26.2 Å². The topological polar surface area (TPSA) is 39.1 Å². The van der Waals surface area contributed by atoms with Crippen LogP contribution >= 0.6 is 0 Å². The Kier molecular flexibility index (Phi) is 4.92. The second-order valence-electron chi connectivity index (χ2n) is 4.51. The third-order valence-corrected chi connectivity index (χ3v) is 2.70. The minimum atomic E-state index is 0.594. The van der Waals surface area contributed by atoms with E-state index in [9.17, 15) is 0 Å². The summed E-state index contributed by atoms with van der Waals surface area (Å²) in [5.41, 5.74) is 0. The first-order valence-electron chi connectivity index (χ1n) is 5.55. The van der Waals surface area contributed by atoms with E-state index >= 15 is 0 Å². The van der Waals surface area contributed by atoms with Gasteiger partial charge in [0.1, 0.15) is 0 Å². The first-order valence-corrected chi connectivity index (χ1v) is 5.55. The standard InChI is InChI=1S/C11H21N3/c1-10(2)9-13-11-3-6-14(7-4-11)8-5-12/h10-11,13H,3-4,6-9H2,1-2H3. The fraction of sp³-hybridized carbons (Fsp3) is 0.909. The van der Waals surface area contributed by atoms with Gasteiger partial charge in [0.2, 0.25) is 0 Å². The van der Waals surface area contributed by atoms with E-state index in [1.165, 1.54) is 12.8 Å². The van der Waals surface area contributed by atoms with Crippen molar-refractivity contribution in [3.63, 3.8) is 0 Å². The van der Waals surface area contributed by atoms with Gasteiger partial charge in [0.15, 0.2) is 0 Å². The molecular formula is C11H21N3. The van der Waals surface area contributed by atoms with Crippen LogP contribution in [-0.2, 0) is 0 Å². The maximum absolute atomic E-state index is 8.55. The molecule has 0 aromatic carbocycles. The molecule has 3 nitrogen and oxygen atoms in total. The molecule has 80 valence electrons. The molecule has 1 heterocycles. The fourth-order valence-electron chi connectivity index (χ4n) is 1.80.